The third-order valence-corrected chi connectivity index (χ3v) is 4.75. The first-order chi connectivity index (χ1) is 10.5. The zero-order chi connectivity index (χ0) is 15.9. The minimum absolute atomic E-state index is 0.242. The van der Waals surface area contributed by atoms with Gasteiger partial charge in [-0.2, -0.15) is 0 Å². The Morgan fingerprint density at radius 1 is 1.36 bits per heavy atom. The molecular weight excluding hydrogens is 320 g/mol. The minimum Gasteiger partial charge on any atom is -0.451 e. The highest BCUT2D eigenvalue weighted by Crippen LogP contribution is 2.30. The van der Waals surface area contributed by atoms with Gasteiger partial charge in [-0.15, -0.1) is 11.3 Å². The summed E-state index contributed by atoms with van der Waals surface area (Å²) in [5, 5.41) is 7.29. The smallest absolute Gasteiger partial charge is 0.287 e. The van der Waals surface area contributed by atoms with Crippen LogP contribution in [0.3, 0.4) is 0 Å². The zero-order valence-corrected chi connectivity index (χ0v) is 14.1. The maximum atomic E-state index is 12.3. The van der Waals surface area contributed by atoms with Crippen molar-refractivity contribution in [1.29, 1.82) is 0 Å². The van der Waals surface area contributed by atoms with E-state index >= 15 is 0 Å². The average molecular weight is 335 g/mol. The van der Waals surface area contributed by atoms with Crippen LogP contribution in [0.25, 0.3) is 11.0 Å². The summed E-state index contributed by atoms with van der Waals surface area (Å²) in [4.78, 5) is 16.6. The number of amides is 1. The Kier molecular flexibility index (Phi) is 3.93. The molecule has 0 aliphatic heterocycles. The van der Waals surface area contributed by atoms with Gasteiger partial charge in [-0.25, -0.2) is 4.98 Å². The summed E-state index contributed by atoms with van der Waals surface area (Å²) < 4.78 is 5.70. The molecule has 0 saturated carbocycles. The van der Waals surface area contributed by atoms with E-state index in [1.54, 1.807) is 11.3 Å². The Balaban J connectivity index is 1.86. The van der Waals surface area contributed by atoms with Crippen molar-refractivity contribution in [3.05, 3.63) is 50.1 Å². The number of fused-ring (bicyclic) bond motifs is 1. The number of hydrogen-bond acceptors (Lipinski definition) is 4. The molecule has 1 N–H and O–H groups in total. The Morgan fingerprint density at radius 2 is 2.14 bits per heavy atom. The maximum Gasteiger partial charge on any atom is 0.287 e. The van der Waals surface area contributed by atoms with Gasteiger partial charge in [-0.3, -0.25) is 4.79 Å². The molecule has 1 amide bonds. The average Bonchev–Trinajstić information content (AvgIpc) is 3.02. The lowest BCUT2D eigenvalue weighted by Gasteiger charge is -2.01. The van der Waals surface area contributed by atoms with E-state index in [1.807, 2.05) is 38.3 Å². The first-order valence-corrected chi connectivity index (χ1v) is 8.10. The van der Waals surface area contributed by atoms with Crippen molar-refractivity contribution in [2.45, 2.75) is 27.3 Å². The number of benzene rings is 1. The third-order valence-electron chi connectivity index (χ3n) is 3.52. The van der Waals surface area contributed by atoms with Crippen LogP contribution in [0.5, 0.6) is 0 Å². The fraction of sp³-hybridized carbons (Fsp3) is 0.250. The van der Waals surface area contributed by atoms with Gasteiger partial charge in [-0.05, 0) is 38.5 Å². The summed E-state index contributed by atoms with van der Waals surface area (Å²) in [5.41, 5.74) is 3.24. The molecule has 0 spiro atoms. The largest absolute Gasteiger partial charge is 0.451 e. The third kappa shape index (κ3) is 2.74. The van der Waals surface area contributed by atoms with Crippen LogP contribution in [-0.2, 0) is 6.54 Å². The first kappa shape index (κ1) is 15.1. The Morgan fingerprint density at radius 3 is 2.82 bits per heavy atom. The number of rotatable bonds is 3. The van der Waals surface area contributed by atoms with Gasteiger partial charge in [0.2, 0.25) is 0 Å². The molecule has 4 nitrogen and oxygen atoms in total. The Bertz CT molecular complexity index is 867. The number of hydrogen-bond donors (Lipinski definition) is 1. The van der Waals surface area contributed by atoms with E-state index < -0.39 is 0 Å². The van der Waals surface area contributed by atoms with Crippen LogP contribution >= 0.6 is 22.9 Å². The highest BCUT2D eigenvalue weighted by Gasteiger charge is 2.18. The SMILES string of the molecule is Cc1nc(CNC(=O)c2oc3cc(C)c(Cl)cc3c2C)cs1. The predicted octanol–water partition coefficient (Wildman–Crippen LogP) is 4.40. The van der Waals surface area contributed by atoms with Crippen LogP contribution in [-0.4, -0.2) is 10.9 Å². The fourth-order valence-corrected chi connectivity index (χ4v) is 3.07. The summed E-state index contributed by atoms with van der Waals surface area (Å²) in [5.74, 6) is 0.0803. The molecule has 0 unspecified atom stereocenters. The zero-order valence-electron chi connectivity index (χ0n) is 12.5. The van der Waals surface area contributed by atoms with Crippen molar-refractivity contribution in [1.82, 2.24) is 10.3 Å². The van der Waals surface area contributed by atoms with Gasteiger partial charge in [0.25, 0.3) is 5.91 Å². The molecule has 0 aliphatic rings. The lowest BCUT2D eigenvalue weighted by molar-refractivity contribution is 0.0924. The highest BCUT2D eigenvalue weighted by molar-refractivity contribution is 7.09. The minimum atomic E-state index is -0.242. The van der Waals surface area contributed by atoms with Crippen molar-refractivity contribution >= 4 is 39.8 Å². The number of nitrogens with one attached hydrogen (secondary N) is 1. The van der Waals surface area contributed by atoms with Crippen LogP contribution in [0.1, 0.15) is 32.4 Å². The van der Waals surface area contributed by atoms with Crippen molar-refractivity contribution in [2.24, 2.45) is 0 Å². The summed E-state index contributed by atoms with van der Waals surface area (Å²) >= 11 is 7.70. The molecule has 0 saturated heterocycles. The summed E-state index contributed by atoms with van der Waals surface area (Å²) in [6.45, 7) is 6.09. The lowest BCUT2D eigenvalue weighted by Crippen LogP contribution is -2.23. The number of carbonyl (C=O) groups is 1. The molecule has 2 heterocycles. The Labute approximate surface area is 137 Å². The number of aryl methyl sites for hydroxylation is 3. The van der Waals surface area contributed by atoms with E-state index in [1.165, 1.54) is 0 Å². The van der Waals surface area contributed by atoms with E-state index in [-0.39, 0.29) is 5.91 Å². The Hall–Kier alpha value is -1.85. The van der Waals surface area contributed by atoms with Crippen LogP contribution in [0.15, 0.2) is 21.9 Å². The second kappa shape index (κ2) is 5.74. The first-order valence-electron chi connectivity index (χ1n) is 6.84. The van der Waals surface area contributed by atoms with Crippen molar-refractivity contribution in [3.63, 3.8) is 0 Å². The number of aromatic nitrogens is 1. The molecular formula is C16H15ClN2O2S. The quantitative estimate of drug-likeness (QED) is 0.772. The van der Waals surface area contributed by atoms with Crippen molar-refractivity contribution in [2.75, 3.05) is 0 Å². The summed E-state index contributed by atoms with van der Waals surface area (Å²) in [6, 6.07) is 3.69. The second-order valence-corrected chi connectivity index (χ2v) is 6.66. The fourth-order valence-electron chi connectivity index (χ4n) is 2.30. The van der Waals surface area contributed by atoms with E-state index in [4.69, 9.17) is 16.0 Å². The van der Waals surface area contributed by atoms with Crippen LogP contribution in [0, 0.1) is 20.8 Å². The van der Waals surface area contributed by atoms with Crippen LogP contribution < -0.4 is 5.32 Å². The van der Waals surface area contributed by atoms with Gasteiger partial charge in [-0.1, -0.05) is 11.6 Å². The molecule has 6 heteroatoms. The van der Waals surface area contributed by atoms with Crippen LogP contribution in [0.4, 0.5) is 0 Å². The number of halogens is 1. The monoisotopic (exact) mass is 334 g/mol. The van der Waals surface area contributed by atoms with Crippen LogP contribution in [0.2, 0.25) is 5.02 Å². The normalized spacial score (nSPS) is 11.1. The number of carbonyl (C=O) groups excluding carboxylic acids is 1. The molecule has 2 aromatic heterocycles. The summed E-state index contributed by atoms with van der Waals surface area (Å²) in [7, 11) is 0. The molecule has 114 valence electrons. The van der Waals surface area contributed by atoms with Gasteiger partial charge in [0.05, 0.1) is 17.2 Å². The van der Waals surface area contributed by atoms with Gasteiger partial charge >= 0.3 is 0 Å². The molecule has 22 heavy (non-hydrogen) atoms. The number of thiazole rings is 1. The predicted molar refractivity (Wildman–Crippen MR) is 88.7 cm³/mol. The second-order valence-electron chi connectivity index (χ2n) is 5.19. The molecule has 0 fully saturated rings. The van der Waals surface area contributed by atoms with Crippen molar-refractivity contribution in [3.8, 4) is 0 Å². The molecule has 0 aliphatic carbocycles. The lowest BCUT2D eigenvalue weighted by atomic mass is 10.1. The molecule has 0 atom stereocenters. The van der Waals surface area contributed by atoms with Gasteiger partial charge < -0.3 is 9.73 Å². The molecule has 3 aromatic rings. The molecule has 0 bridgehead atoms. The van der Waals surface area contributed by atoms with E-state index in [9.17, 15) is 4.79 Å². The molecule has 0 radical (unpaired) electrons. The van der Waals surface area contributed by atoms with Crippen molar-refractivity contribution < 1.29 is 9.21 Å². The molecule has 1 aromatic carbocycles. The number of nitrogens with zero attached hydrogens (tertiary/aromatic N) is 1. The number of furan rings is 1. The topological polar surface area (TPSA) is 55.1 Å². The standard InChI is InChI=1S/C16H15ClN2O2S/c1-8-4-14-12(5-13(8)17)9(2)15(21-14)16(20)18-6-11-7-22-10(3)19-11/h4-5,7H,6H2,1-3H3,(H,18,20). The molecule has 3 rings (SSSR count). The highest BCUT2D eigenvalue weighted by atomic mass is 35.5. The van der Waals surface area contributed by atoms with Gasteiger partial charge in [0, 0.05) is 21.4 Å². The van der Waals surface area contributed by atoms with Gasteiger partial charge in [0.15, 0.2) is 5.76 Å². The van der Waals surface area contributed by atoms with Gasteiger partial charge in [0.1, 0.15) is 5.58 Å². The van der Waals surface area contributed by atoms with E-state index in [0.29, 0.717) is 22.9 Å². The summed E-state index contributed by atoms with van der Waals surface area (Å²) in [6.07, 6.45) is 0. The van der Waals surface area contributed by atoms with E-state index in [0.717, 1.165) is 27.2 Å². The maximum absolute atomic E-state index is 12.3. The van der Waals surface area contributed by atoms with E-state index in [2.05, 4.69) is 10.3 Å².